The van der Waals surface area contributed by atoms with Crippen LogP contribution >= 0.6 is 0 Å². The number of fused-ring (bicyclic) bond motifs is 1. The van der Waals surface area contributed by atoms with Gasteiger partial charge in [-0.15, -0.1) is 0 Å². The summed E-state index contributed by atoms with van der Waals surface area (Å²) < 4.78 is 28.5. The molecule has 5 heteroatoms. The maximum atomic E-state index is 6.13. The number of methoxy groups -OCH3 is 2. The van der Waals surface area contributed by atoms with Crippen molar-refractivity contribution in [3.63, 3.8) is 0 Å². The minimum absolute atomic E-state index is 0.0805. The fourth-order valence-electron chi connectivity index (χ4n) is 2.27. The van der Waals surface area contributed by atoms with Gasteiger partial charge >= 0.3 is 0 Å². The summed E-state index contributed by atoms with van der Waals surface area (Å²) in [5.74, 6) is 2.23. The monoisotopic (exact) mass is 334 g/mol. The van der Waals surface area contributed by atoms with Crippen LogP contribution in [0, 0.1) is 0 Å². The van der Waals surface area contributed by atoms with Gasteiger partial charge in [0.25, 0.3) is 0 Å². The van der Waals surface area contributed by atoms with Gasteiger partial charge in [0.2, 0.25) is 5.75 Å². The first-order chi connectivity index (χ1) is 11.2. The van der Waals surface area contributed by atoms with E-state index >= 15 is 0 Å². The molecule has 0 spiro atoms. The summed E-state index contributed by atoms with van der Waals surface area (Å²) in [6.07, 6.45) is 5.68. The largest absolute Gasteiger partial charge is 0.496 e. The Bertz CT molecular complexity index is 644. The molecule has 0 fully saturated rings. The van der Waals surface area contributed by atoms with Crippen molar-refractivity contribution in [3.05, 3.63) is 30.4 Å². The third-order valence-electron chi connectivity index (χ3n) is 3.62. The Morgan fingerprint density at radius 3 is 2.54 bits per heavy atom. The number of ether oxygens (including phenoxy) is 5. The van der Waals surface area contributed by atoms with Crippen LogP contribution in [0.15, 0.2) is 24.8 Å². The van der Waals surface area contributed by atoms with Crippen molar-refractivity contribution >= 4 is 6.08 Å². The van der Waals surface area contributed by atoms with Crippen LogP contribution in [-0.2, 0) is 4.74 Å². The molecule has 2 rings (SSSR count). The zero-order valence-corrected chi connectivity index (χ0v) is 15.3. The Balaban J connectivity index is 2.62. The summed E-state index contributed by atoms with van der Waals surface area (Å²) in [5, 5.41) is 0. The van der Waals surface area contributed by atoms with E-state index in [0.717, 1.165) is 5.56 Å². The average Bonchev–Trinajstić information content (AvgIpc) is 2.52. The Kier molecular flexibility index (Phi) is 5.13. The van der Waals surface area contributed by atoms with E-state index < -0.39 is 11.2 Å². The van der Waals surface area contributed by atoms with Gasteiger partial charge < -0.3 is 23.7 Å². The van der Waals surface area contributed by atoms with Gasteiger partial charge in [-0.1, -0.05) is 6.58 Å². The molecule has 0 saturated carbocycles. The van der Waals surface area contributed by atoms with Gasteiger partial charge in [-0.25, -0.2) is 0 Å². The predicted octanol–water partition coefficient (Wildman–Crippen LogP) is 4.21. The zero-order chi connectivity index (χ0) is 18.0. The zero-order valence-electron chi connectivity index (χ0n) is 15.3. The molecule has 1 aromatic carbocycles. The van der Waals surface area contributed by atoms with Crippen molar-refractivity contribution in [2.75, 3.05) is 21.0 Å². The molecule has 1 aliphatic heterocycles. The van der Waals surface area contributed by atoms with Gasteiger partial charge in [-0.2, -0.15) is 0 Å². The maximum absolute atomic E-state index is 6.13. The van der Waals surface area contributed by atoms with Crippen LogP contribution in [0.1, 0.15) is 33.3 Å². The molecule has 0 N–H and O–H groups in total. The van der Waals surface area contributed by atoms with Crippen LogP contribution in [0.4, 0.5) is 0 Å². The number of hydrogen-bond acceptors (Lipinski definition) is 5. The molecular formula is C19H26O5. The van der Waals surface area contributed by atoms with E-state index in [9.17, 15) is 0 Å². The highest BCUT2D eigenvalue weighted by molar-refractivity contribution is 5.74. The number of hydrogen-bond donors (Lipinski definition) is 0. The fourth-order valence-corrected chi connectivity index (χ4v) is 2.27. The molecule has 0 unspecified atom stereocenters. The van der Waals surface area contributed by atoms with Gasteiger partial charge in [0, 0.05) is 13.2 Å². The second kappa shape index (κ2) is 6.77. The van der Waals surface area contributed by atoms with Gasteiger partial charge in [0.05, 0.1) is 12.7 Å². The van der Waals surface area contributed by atoms with Crippen LogP contribution in [0.3, 0.4) is 0 Å². The van der Waals surface area contributed by atoms with E-state index in [1.807, 2.05) is 39.8 Å². The summed E-state index contributed by atoms with van der Waals surface area (Å²) >= 11 is 0. The molecular weight excluding hydrogens is 308 g/mol. The molecule has 1 heterocycles. The lowest BCUT2D eigenvalue weighted by Gasteiger charge is -2.32. The molecule has 1 aromatic rings. The Morgan fingerprint density at radius 1 is 1.25 bits per heavy atom. The molecule has 0 radical (unpaired) electrons. The molecule has 0 atom stereocenters. The fraction of sp³-hybridized carbons (Fsp3) is 0.474. The van der Waals surface area contributed by atoms with Crippen molar-refractivity contribution in [3.8, 4) is 23.0 Å². The molecule has 5 nitrogen and oxygen atoms in total. The molecule has 0 aliphatic carbocycles. The molecule has 0 saturated heterocycles. The summed E-state index contributed by atoms with van der Waals surface area (Å²) in [7, 11) is 3.18. The first kappa shape index (κ1) is 18.2. The molecule has 1 aliphatic rings. The van der Waals surface area contributed by atoms with E-state index in [1.165, 1.54) is 0 Å². The summed E-state index contributed by atoms with van der Waals surface area (Å²) in [5.41, 5.74) is -0.230. The van der Waals surface area contributed by atoms with E-state index in [0.29, 0.717) is 23.0 Å². The van der Waals surface area contributed by atoms with Crippen LogP contribution < -0.4 is 18.9 Å². The molecule has 0 bridgehead atoms. The second-order valence-corrected chi connectivity index (χ2v) is 6.65. The molecule has 0 aromatic heterocycles. The van der Waals surface area contributed by atoms with E-state index in [-0.39, 0.29) is 6.79 Å². The van der Waals surface area contributed by atoms with E-state index in [4.69, 9.17) is 23.7 Å². The number of rotatable bonds is 7. The van der Waals surface area contributed by atoms with Crippen molar-refractivity contribution in [2.45, 2.75) is 38.9 Å². The smallest absolute Gasteiger partial charge is 0.207 e. The summed E-state index contributed by atoms with van der Waals surface area (Å²) in [6.45, 7) is 11.7. The van der Waals surface area contributed by atoms with Crippen molar-refractivity contribution < 1.29 is 23.7 Å². The number of benzene rings is 1. The second-order valence-electron chi connectivity index (χ2n) is 6.65. The first-order valence-electron chi connectivity index (χ1n) is 7.80. The lowest BCUT2D eigenvalue weighted by molar-refractivity contribution is 0.0395. The van der Waals surface area contributed by atoms with Crippen molar-refractivity contribution in [2.24, 2.45) is 0 Å². The normalized spacial score (nSPS) is 15.2. The molecule has 132 valence electrons. The van der Waals surface area contributed by atoms with Crippen LogP contribution in [0.2, 0.25) is 0 Å². The Morgan fingerprint density at radius 2 is 1.96 bits per heavy atom. The molecule has 24 heavy (non-hydrogen) atoms. The summed E-state index contributed by atoms with van der Waals surface area (Å²) in [6, 6.07) is 1.79. The van der Waals surface area contributed by atoms with Gasteiger partial charge in [0.15, 0.2) is 18.3 Å². The average molecular weight is 334 g/mol. The highest BCUT2D eigenvalue weighted by Gasteiger charge is 2.31. The SMILES string of the molecule is C=CC(C)(C)Oc1cc(OC)c2c(c1OCOC)OC(C)(C)C=C2. The quantitative estimate of drug-likeness (QED) is 0.552. The third kappa shape index (κ3) is 3.85. The van der Waals surface area contributed by atoms with E-state index in [2.05, 4.69) is 6.58 Å². The minimum atomic E-state index is -0.579. The van der Waals surface area contributed by atoms with Gasteiger partial charge in [0.1, 0.15) is 17.0 Å². The summed E-state index contributed by atoms with van der Waals surface area (Å²) in [4.78, 5) is 0. The van der Waals surface area contributed by atoms with Gasteiger partial charge in [-0.3, -0.25) is 0 Å². The van der Waals surface area contributed by atoms with Gasteiger partial charge in [-0.05, 0) is 45.9 Å². The Hall–Kier alpha value is -2.14. The van der Waals surface area contributed by atoms with Crippen LogP contribution in [0.5, 0.6) is 23.0 Å². The lowest BCUT2D eigenvalue weighted by Crippen LogP contribution is -2.29. The highest BCUT2D eigenvalue weighted by Crippen LogP contribution is 2.50. The minimum Gasteiger partial charge on any atom is -0.496 e. The van der Waals surface area contributed by atoms with Crippen molar-refractivity contribution in [1.82, 2.24) is 0 Å². The lowest BCUT2D eigenvalue weighted by atomic mass is 10.0. The van der Waals surface area contributed by atoms with E-state index in [1.54, 1.807) is 26.4 Å². The topological polar surface area (TPSA) is 46.2 Å². The Labute approximate surface area is 143 Å². The maximum Gasteiger partial charge on any atom is 0.207 e. The van der Waals surface area contributed by atoms with Crippen LogP contribution in [-0.4, -0.2) is 32.2 Å². The van der Waals surface area contributed by atoms with Crippen molar-refractivity contribution in [1.29, 1.82) is 0 Å². The molecule has 0 amide bonds. The highest BCUT2D eigenvalue weighted by atomic mass is 16.7. The predicted molar refractivity (Wildman–Crippen MR) is 94.1 cm³/mol. The standard InChI is InChI=1S/C19H26O5/c1-8-18(2,3)23-15-11-14(21-7)13-9-10-19(4,5)24-16(13)17(15)22-12-20-6/h8-11H,1,12H2,2-7H3. The third-order valence-corrected chi connectivity index (χ3v) is 3.62. The van der Waals surface area contributed by atoms with Crippen LogP contribution in [0.25, 0.3) is 6.08 Å². The first-order valence-corrected chi connectivity index (χ1v) is 7.80.